The summed E-state index contributed by atoms with van der Waals surface area (Å²) in [7, 11) is -7.75. The van der Waals surface area contributed by atoms with Crippen molar-refractivity contribution in [3.8, 4) is 0 Å². The van der Waals surface area contributed by atoms with Gasteiger partial charge in [0.25, 0.3) is 0 Å². The summed E-state index contributed by atoms with van der Waals surface area (Å²) in [5.74, 6) is 0. The van der Waals surface area contributed by atoms with E-state index in [0.717, 1.165) is 0 Å². The quantitative estimate of drug-likeness (QED) is 0.134. The first-order valence-corrected chi connectivity index (χ1v) is 5.82. The maximum absolute atomic E-state index is 8.74. The fourth-order valence-electron chi connectivity index (χ4n) is 0. The van der Waals surface area contributed by atoms with E-state index >= 15 is 0 Å². The first-order valence-electron chi connectivity index (χ1n) is 2.58. The summed E-state index contributed by atoms with van der Waals surface area (Å²) in [6, 6.07) is 0. The normalized spacial score (nSPS) is 11.7. The zero-order valence-corrected chi connectivity index (χ0v) is 9.74. The van der Waals surface area contributed by atoms with Gasteiger partial charge in [0, 0.05) is 7.05 Å². The minimum absolute atomic E-state index is 0.324. The van der Waals surface area contributed by atoms with Gasteiger partial charge in [0.1, 0.15) is 5.17 Å². The molecule has 0 aromatic rings. The van der Waals surface area contributed by atoms with Crippen LogP contribution in [0.15, 0.2) is 4.99 Å². The second kappa shape index (κ2) is 8.84. The molecular formula is C2H10N2O8S3. The Morgan fingerprint density at radius 3 is 1.13 bits per heavy atom. The molecule has 0 atom stereocenters. The molecule has 13 heteroatoms. The summed E-state index contributed by atoms with van der Waals surface area (Å²) in [5, 5.41) is 0.324. The molecule has 0 aromatic carbocycles. The maximum atomic E-state index is 8.74. The standard InChI is InChI=1S/C2H6N2S.2H2O4S/c1-4-2(3)5;2*1-5(2,3)4/h1H3,(H3,3,4,5);2*(H2,1,2,3,4). The molecule has 10 nitrogen and oxygen atoms in total. The van der Waals surface area contributed by atoms with Crippen molar-refractivity contribution in [1.29, 1.82) is 0 Å². The van der Waals surface area contributed by atoms with Crippen molar-refractivity contribution in [3.63, 3.8) is 0 Å². The van der Waals surface area contributed by atoms with Crippen molar-refractivity contribution in [2.45, 2.75) is 0 Å². The molecule has 0 spiro atoms. The molecule has 0 aliphatic rings. The van der Waals surface area contributed by atoms with Crippen LogP contribution in [0.25, 0.3) is 0 Å². The van der Waals surface area contributed by atoms with Gasteiger partial charge < -0.3 is 5.73 Å². The highest BCUT2D eigenvalue weighted by Crippen LogP contribution is 1.65. The average molecular weight is 286 g/mol. The van der Waals surface area contributed by atoms with Crippen LogP contribution >= 0.6 is 12.6 Å². The van der Waals surface area contributed by atoms with Gasteiger partial charge >= 0.3 is 20.8 Å². The molecule has 0 heterocycles. The first-order chi connectivity index (χ1) is 6.27. The molecule has 0 rings (SSSR count). The van der Waals surface area contributed by atoms with Crippen LogP contribution in [0.2, 0.25) is 0 Å². The molecule has 0 saturated heterocycles. The van der Waals surface area contributed by atoms with Crippen LogP contribution in [0.5, 0.6) is 0 Å². The van der Waals surface area contributed by atoms with E-state index in [1.165, 1.54) is 0 Å². The zero-order valence-electron chi connectivity index (χ0n) is 7.21. The zero-order chi connectivity index (χ0) is 13.3. The molecule has 15 heavy (non-hydrogen) atoms. The van der Waals surface area contributed by atoms with Gasteiger partial charge in [-0.05, 0) is 0 Å². The van der Waals surface area contributed by atoms with E-state index in [0.29, 0.717) is 5.17 Å². The summed E-state index contributed by atoms with van der Waals surface area (Å²) in [5.41, 5.74) is 4.91. The lowest BCUT2D eigenvalue weighted by atomic mass is 11.3. The number of nitrogens with zero attached hydrogens (tertiary/aromatic N) is 1. The average Bonchev–Trinajstić information content (AvgIpc) is 1.79. The molecule has 0 radical (unpaired) electrons. The Balaban J connectivity index is -0.000000144. The van der Waals surface area contributed by atoms with E-state index < -0.39 is 20.8 Å². The third-order valence-electron chi connectivity index (χ3n) is 0.229. The Morgan fingerprint density at radius 2 is 1.13 bits per heavy atom. The number of thiol groups is 1. The van der Waals surface area contributed by atoms with Crippen molar-refractivity contribution in [1.82, 2.24) is 0 Å². The van der Waals surface area contributed by atoms with E-state index in [-0.39, 0.29) is 0 Å². The Hall–Kier alpha value is -0.440. The molecule has 0 aliphatic carbocycles. The summed E-state index contributed by atoms with van der Waals surface area (Å²) in [6.07, 6.45) is 0. The number of nitrogens with two attached hydrogens (primary N) is 1. The number of rotatable bonds is 0. The highest BCUT2D eigenvalue weighted by molar-refractivity contribution is 7.96. The summed E-state index contributed by atoms with van der Waals surface area (Å²) in [4.78, 5) is 3.45. The molecule has 0 aromatic heterocycles. The minimum atomic E-state index is -4.67. The monoisotopic (exact) mass is 286 g/mol. The van der Waals surface area contributed by atoms with Crippen molar-refractivity contribution in [2.75, 3.05) is 7.05 Å². The highest BCUT2D eigenvalue weighted by Gasteiger charge is 1.85. The van der Waals surface area contributed by atoms with Crippen LogP contribution in [0, 0.1) is 0 Å². The predicted molar refractivity (Wildman–Crippen MR) is 54.9 cm³/mol. The van der Waals surface area contributed by atoms with Gasteiger partial charge in [-0.2, -0.15) is 16.8 Å². The van der Waals surface area contributed by atoms with Crippen molar-refractivity contribution in [2.24, 2.45) is 10.7 Å². The van der Waals surface area contributed by atoms with Crippen LogP contribution in [0.1, 0.15) is 0 Å². The number of hydrogen-bond donors (Lipinski definition) is 6. The number of amidine groups is 1. The molecule has 0 aliphatic heterocycles. The largest absolute Gasteiger partial charge is 0.394 e. The third-order valence-corrected chi connectivity index (χ3v) is 0.429. The lowest BCUT2D eigenvalue weighted by Crippen LogP contribution is -1.99. The lowest BCUT2D eigenvalue weighted by molar-refractivity contribution is 0.378. The molecule has 94 valence electrons. The van der Waals surface area contributed by atoms with E-state index in [4.69, 9.17) is 40.8 Å². The van der Waals surface area contributed by atoms with Crippen LogP contribution < -0.4 is 5.73 Å². The van der Waals surface area contributed by atoms with Gasteiger partial charge in [0.05, 0.1) is 0 Å². The van der Waals surface area contributed by atoms with Crippen molar-refractivity contribution >= 4 is 38.6 Å². The van der Waals surface area contributed by atoms with Crippen LogP contribution in [-0.2, 0) is 20.8 Å². The van der Waals surface area contributed by atoms with Crippen LogP contribution in [-0.4, -0.2) is 47.3 Å². The van der Waals surface area contributed by atoms with E-state index in [1.807, 2.05) is 0 Å². The fourth-order valence-corrected chi connectivity index (χ4v) is 0. The van der Waals surface area contributed by atoms with E-state index in [9.17, 15) is 0 Å². The molecule has 0 amide bonds. The van der Waals surface area contributed by atoms with Crippen LogP contribution in [0.3, 0.4) is 0 Å². The van der Waals surface area contributed by atoms with Gasteiger partial charge in [-0.3, -0.25) is 23.2 Å². The fraction of sp³-hybridized carbons (Fsp3) is 0.500. The van der Waals surface area contributed by atoms with Gasteiger partial charge in [0.15, 0.2) is 0 Å². The minimum Gasteiger partial charge on any atom is -0.379 e. The van der Waals surface area contributed by atoms with E-state index in [2.05, 4.69) is 17.6 Å². The summed E-state index contributed by atoms with van der Waals surface area (Å²) >= 11 is 3.63. The predicted octanol–water partition coefficient (Wildman–Crippen LogP) is -1.44. The Kier molecular flexibility index (Phi) is 11.8. The van der Waals surface area contributed by atoms with Crippen LogP contribution in [0.4, 0.5) is 0 Å². The second-order valence-corrected chi connectivity index (χ2v) is 3.73. The highest BCUT2D eigenvalue weighted by atomic mass is 32.3. The summed E-state index contributed by atoms with van der Waals surface area (Å²) < 4.78 is 63.2. The smallest absolute Gasteiger partial charge is 0.379 e. The van der Waals surface area contributed by atoms with Crippen molar-refractivity contribution < 1.29 is 35.0 Å². The van der Waals surface area contributed by atoms with Gasteiger partial charge in [-0.1, -0.05) is 0 Å². The van der Waals surface area contributed by atoms with Crippen molar-refractivity contribution in [3.05, 3.63) is 0 Å². The Bertz CT molecular complexity index is 317. The van der Waals surface area contributed by atoms with Gasteiger partial charge in [0.2, 0.25) is 0 Å². The molecule has 0 bridgehead atoms. The Morgan fingerprint density at radius 1 is 1.07 bits per heavy atom. The third kappa shape index (κ3) is 745. The SMILES string of the molecule is CN=C(N)S.O=S(=O)(O)O.O=S(=O)(O)O. The topological polar surface area (TPSA) is 188 Å². The number of aliphatic imine (C=N–C) groups is 1. The molecule has 0 fully saturated rings. The van der Waals surface area contributed by atoms with E-state index in [1.54, 1.807) is 7.05 Å². The van der Waals surface area contributed by atoms with Gasteiger partial charge in [-0.15, -0.1) is 12.6 Å². The molecule has 0 saturated carbocycles. The first kappa shape index (κ1) is 20.0. The molecular weight excluding hydrogens is 276 g/mol. The molecule has 0 unspecified atom stereocenters. The maximum Gasteiger partial charge on any atom is 0.394 e. The second-order valence-electron chi connectivity index (χ2n) is 1.48. The summed E-state index contributed by atoms with van der Waals surface area (Å²) in [6.45, 7) is 0. The lowest BCUT2D eigenvalue weighted by Gasteiger charge is -1.74. The number of hydrogen-bond acceptors (Lipinski definition) is 5. The van der Waals surface area contributed by atoms with Gasteiger partial charge in [-0.25, -0.2) is 0 Å². The Labute approximate surface area is 91.8 Å². The molecule has 6 N–H and O–H groups in total.